The van der Waals surface area contributed by atoms with Crippen molar-refractivity contribution in [1.82, 2.24) is 4.98 Å². The van der Waals surface area contributed by atoms with Gasteiger partial charge in [0.1, 0.15) is 11.6 Å². The molecule has 7 heteroatoms. The highest BCUT2D eigenvalue weighted by Crippen LogP contribution is 2.32. The maximum absolute atomic E-state index is 12.9. The molecule has 0 bridgehead atoms. The monoisotopic (exact) mass is 303 g/mol. The van der Waals surface area contributed by atoms with E-state index in [1.807, 2.05) is 6.92 Å². The van der Waals surface area contributed by atoms with Gasteiger partial charge in [0.2, 0.25) is 0 Å². The number of halogens is 3. The lowest BCUT2D eigenvalue weighted by Gasteiger charge is -2.15. The molecular formula is C14H20F3N3O. The van der Waals surface area contributed by atoms with E-state index in [1.54, 1.807) is 0 Å². The van der Waals surface area contributed by atoms with Crippen LogP contribution in [0.2, 0.25) is 0 Å². The second kappa shape index (κ2) is 6.98. The number of nitrogens with zero attached hydrogens (tertiary/aromatic N) is 1. The Balaban J connectivity index is 2.09. The second-order valence-corrected chi connectivity index (χ2v) is 5.16. The molecule has 1 unspecified atom stereocenters. The number of ether oxygens (including phenoxy) is 1. The van der Waals surface area contributed by atoms with Gasteiger partial charge in [-0.15, -0.1) is 0 Å². The molecular weight excluding hydrogens is 283 g/mol. The van der Waals surface area contributed by atoms with E-state index in [9.17, 15) is 13.2 Å². The summed E-state index contributed by atoms with van der Waals surface area (Å²) in [4.78, 5) is 4.18. The fourth-order valence-electron chi connectivity index (χ4n) is 2.12. The van der Waals surface area contributed by atoms with Gasteiger partial charge in [-0.2, -0.15) is 13.2 Å². The van der Waals surface area contributed by atoms with Crippen molar-refractivity contribution in [3.63, 3.8) is 0 Å². The van der Waals surface area contributed by atoms with Crippen LogP contribution in [0.1, 0.15) is 25.3 Å². The quantitative estimate of drug-likeness (QED) is 0.846. The molecule has 4 nitrogen and oxygen atoms in total. The predicted octanol–water partition coefficient (Wildman–Crippen LogP) is 3.37. The Hall–Kier alpha value is -1.50. The van der Waals surface area contributed by atoms with Gasteiger partial charge in [0.15, 0.2) is 0 Å². The molecule has 1 saturated heterocycles. The number of rotatable bonds is 6. The molecule has 1 aliphatic heterocycles. The minimum Gasteiger partial charge on any atom is -0.381 e. The van der Waals surface area contributed by atoms with Gasteiger partial charge in [0.25, 0.3) is 0 Å². The Kier molecular flexibility index (Phi) is 5.27. The molecule has 0 radical (unpaired) electrons. The Bertz CT molecular complexity index is 459. The number of alkyl halides is 3. The van der Waals surface area contributed by atoms with E-state index in [-0.39, 0.29) is 11.6 Å². The van der Waals surface area contributed by atoms with Crippen molar-refractivity contribution in [2.24, 2.45) is 5.92 Å². The van der Waals surface area contributed by atoms with Crippen LogP contribution < -0.4 is 10.6 Å². The number of hydrogen-bond donors (Lipinski definition) is 2. The maximum Gasteiger partial charge on any atom is 0.416 e. The number of pyridine rings is 1. The summed E-state index contributed by atoms with van der Waals surface area (Å²) in [5.41, 5.74) is -0.693. The molecule has 2 heterocycles. The van der Waals surface area contributed by atoms with Gasteiger partial charge in [-0.05, 0) is 25.0 Å². The molecule has 0 aromatic carbocycles. The van der Waals surface area contributed by atoms with Crippen molar-refractivity contribution in [3.05, 3.63) is 17.7 Å². The van der Waals surface area contributed by atoms with Gasteiger partial charge < -0.3 is 15.4 Å². The SMILES string of the molecule is CCCNc1cc(C(F)(F)F)cc(NCC2CCOC2)n1. The predicted molar refractivity (Wildman–Crippen MR) is 75.4 cm³/mol. The van der Waals surface area contributed by atoms with E-state index in [4.69, 9.17) is 4.74 Å². The zero-order chi connectivity index (χ0) is 15.3. The van der Waals surface area contributed by atoms with Crippen molar-refractivity contribution in [3.8, 4) is 0 Å². The number of nitrogens with one attached hydrogen (secondary N) is 2. The lowest BCUT2D eigenvalue weighted by Crippen LogP contribution is -2.16. The normalized spacial score (nSPS) is 18.8. The van der Waals surface area contributed by atoms with Gasteiger partial charge in [-0.3, -0.25) is 0 Å². The topological polar surface area (TPSA) is 46.2 Å². The third-order valence-corrected chi connectivity index (χ3v) is 3.30. The van der Waals surface area contributed by atoms with Crippen molar-refractivity contribution in [2.75, 3.05) is 36.9 Å². The van der Waals surface area contributed by atoms with Gasteiger partial charge in [0, 0.05) is 25.6 Å². The number of hydrogen-bond acceptors (Lipinski definition) is 4. The van der Waals surface area contributed by atoms with Crippen molar-refractivity contribution in [2.45, 2.75) is 25.9 Å². The first kappa shape index (κ1) is 15.9. The molecule has 0 saturated carbocycles. The van der Waals surface area contributed by atoms with E-state index in [2.05, 4.69) is 15.6 Å². The van der Waals surface area contributed by atoms with E-state index >= 15 is 0 Å². The first-order valence-electron chi connectivity index (χ1n) is 7.14. The molecule has 1 aromatic heterocycles. The van der Waals surface area contributed by atoms with Crippen LogP contribution in [0, 0.1) is 5.92 Å². The minimum absolute atomic E-state index is 0.246. The highest BCUT2D eigenvalue weighted by molar-refractivity contribution is 5.49. The highest BCUT2D eigenvalue weighted by Gasteiger charge is 2.31. The molecule has 0 aliphatic carbocycles. The smallest absolute Gasteiger partial charge is 0.381 e. The van der Waals surface area contributed by atoms with Crippen LogP contribution in [0.25, 0.3) is 0 Å². The summed E-state index contributed by atoms with van der Waals surface area (Å²) in [6.07, 6.45) is -2.63. The first-order chi connectivity index (χ1) is 9.99. The third kappa shape index (κ3) is 4.77. The zero-order valence-electron chi connectivity index (χ0n) is 12.0. The second-order valence-electron chi connectivity index (χ2n) is 5.16. The van der Waals surface area contributed by atoms with Crippen molar-refractivity contribution >= 4 is 11.6 Å². The Morgan fingerprint density at radius 2 is 2.00 bits per heavy atom. The van der Waals surface area contributed by atoms with Crippen molar-refractivity contribution in [1.29, 1.82) is 0 Å². The van der Waals surface area contributed by atoms with Gasteiger partial charge in [-0.25, -0.2) is 4.98 Å². The molecule has 118 valence electrons. The Labute approximate surface area is 122 Å². The van der Waals surface area contributed by atoms with E-state index in [0.29, 0.717) is 32.2 Å². The maximum atomic E-state index is 12.9. The summed E-state index contributed by atoms with van der Waals surface area (Å²) in [6.45, 7) is 4.46. The summed E-state index contributed by atoms with van der Waals surface area (Å²) in [5.74, 6) is 0.820. The van der Waals surface area contributed by atoms with E-state index < -0.39 is 11.7 Å². The third-order valence-electron chi connectivity index (χ3n) is 3.30. The summed E-state index contributed by atoms with van der Waals surface area (Å²) in [6, 6.07) is 2.09. The van der Waals surface area contributed by atoms with Gasteiger partial charge in [0.05, 0.1) is 12.2 Å². The van der Waals surface area contributed by atoms with Gasteiger partial charge >= 0.3 is 6.18 Å². The summed E-state index contributed by atoms with van der Waals surface area (Å²) in [7, 11) is 0. The lowest BCUT2D eigenvalue weighted by atomic mass is 10.1. The summed E-state index contributed by atoms with van der Waals surface area (Å²) in [5, 5.41) is 5.88. The van der Waals surface area contributed by atoms with Crippen LogP contribution in [0.5, 0.6) is 0 Å². The average molecular weight is 303 g/mol. The molecule has 21 heavy (non-hydrogen) atoms. The largest absolute Gasteiger partial charge is 0.416 e. The van der Waals surface area contributed by atoms with Crippen LogP contribution >= 0.6 is 0 Å². The van der Waals surface area contributed by atoms with Gasteiger partial charge in [-0.1, -0.05) is 6.92 Å². The average Bonchev–Trinajstić information content (AvgIpc) is 2.95. The van der Waals surface area contributed by atoms with Crippen LogP contribution in [-0.2, 0) is 10.9 Å². The van der Waals surface area contributed by atoms with Crippen LogP contribution in [0.3, 0.4) is 0 Å². The Morgan fingerprint density at radius 1 is 1.29 bits per heavy atom. The molecule has 1 aromatic rings. The Morgan fingerprint density at radius 3 is 2.57 bits per heavy atom. The van der Waals surface area contributed by atoms with Crippen LogP contribution in [0.15, 0.2) is 12.1 Å². The number of aromatic nitrogens is 1. The fraction of sp³-hybridized carbons (Fsp3) is 0.643. The molecule has 0 amide bonds. The standard InChI is InChI=1S/C14H20F3N3O/c1-2-4-18-12-6-11(14(15,16)17)7-13(20-12)19-8-10-3-5-21-9-10/h6-7,10H,2-5,8-9H2,1H3,(H2,18,19,20). The van der Waals surface area contributed by atoms with E-state index in [0.717, 1.165) is 25.0 Å². The molecule has 2 rings (SSSR count). The fourth-order valence-corrected chi connectivity index (χ4v) is 2.12. The zero-order valence-corrected chi connectivity index (χ0v) is 12.0. The molecule has 1 fully saturated rings. The lowest BCUT2D eigenvalue weighted by molar-refractivity contribution is -0.137. The van der Waals surface area contributed by atoms with Crippen LogP contribution in [0.4, 0.5) is 24.8 Å². The van der Waals surface area contributed by atoms with Crippen LogP contribution in [-0.4, -0.2) is 31.3 Å². The number of anilines is 2. The molecule has 2 N–H and O–H groups in total. The summed E-state index contributed by atoms with van der Waals surface area (Å²) < 4.78 is 44.0. The highest BCUT2D eigenvalue weighted by atomic mass is 19.4. The molecule has 1 aliphatic rings. The minimum atomic E-state index is -4.38. The molecule has 1 atom stereocenters. The molecule has 0 spiro atoms. The van der Waals surface area contributed by atoms with Crippen molar-refractivity contribution < 1.29 is 17.9 Å². The first-order valence-corrected chi connectivity index (χ1v) is 7.14. The van der Waals surface area contributed by atoms with E-state index in [1.165, 1.54) is 0 Å². The summed E-state index contributed by atoms with van der Waals surface area (Å²) >= 11 is 0.